The lowest BCUT2D eigenvalue weighted by atomic mass is 10.1. The Hall–Kier alpha value is -2.81. The normalized spacial score (nSPS) is 10.5. The Labute approximate surface area is 142 Å². The second-order valence-electron chi connectivity index (χ2n) is 5.79. The highest BCUT2D eigenvalue weighted by molar-refractivity contribution is 6.02. The van der Waals surface area contributed by atoms with Gasteiger partial charge in [-0.1, -0.05) is 54.6 Å². The van der Waals surface area contributed by atoms with Crippen LogP contribution >= 0.6 is 0 Å². The van der Waals surface area contributed by atoms with Gasteiger partial charge in [0, 0.05) is 17.5 Å². The van der Waals surface area contributed by atoms with E-state index in [2.05, 4.69) is 5.32 Å². The molecule has 1 N–H and O–H groups in total. The van der Waals surface area contributed by atoms with Crippen molar-refractivity contribution in [2.75, 3.05) is 11.9 Å². The minimum absolute atomic E-state index is 0.0136. The highest BCUT2D eigenvalue weighted by Gasteiger charge is 2.06. The van der Waals surface area contributed by atoms with Gasteiger partial charge in [0.05, 0.1) is 6.61 Å². The van der Waals surface area contributed by atoms with Crippen molar-refractivity contribution in [3.8, 4) is 5.75 Å². The Bertz CT molecular complexity index is 837. The van der Waals surface area contributed by atoms with Gasteiger partial charge in [-0.05, 0) is 36.4 Å². The van der Waals surface area contributed by atoms with E-state index in [-0.39, 0.29) is 5.91 Å². The Morgan fingerprint density at radius 3 is 2.58 bits per heavy atom. The molecule has 122 valence electrons. The van der Waals surface area contributed by atoms with Crippen LogP contribution in [0.15, 0.2) is 66.7 Å². The molecule has 0 aliphatic heterocycles. The Kier molecular flexibility index (Phi) is 5.12. The van der Waals surface area contributed by atoms with E-state index in [0.717, 1.165) is 27.8 Å². The largest absolute Gasteiger partial charge is 0.493 e. The molecule has 0 fully saturated rings. The fourth-order valence-corrected chi connectivity index (χ4v) is 2.68. The molecule has 0 saturated carbocycles. The van der Waals surface area contributed by atoms with Gasteiger partial charge in [-0.15, -0.1) is 0 Å². The highest BCUT2D eigenvalue weighted by Crippen LogP contribution is 2.23. The lowest BCUT2D eigenvalue weighted by molar-refractivity contribution is -0.116. The smallest absolute Gasteiger partial charge is 0.224 e. The molecular weight excluding hydrogens is 298 g/mol. The number of rotatable bonds is 6. The first-order chi connectivity index (χ1) is 11.7. The SMILES string of the molecule is Cc1ccccc1OCCCC(=O)Nc1cccc2ccccc12. The fourth-order valence-electron chi connectivity index (χ4n) is 2.68. The van der Waals surface area contributed by atoms with Crippen LogP contribution in [0.2, 0.25) is 0 Å². The quantitative estimate of drug-likeness (QED) is 0.653. The van der Waals surface area contributed by atoms with Crippen LogP contribution in [0.1, 0.15) is 18.4 Å². The van der Waals surface area contributed by atoms with E-state index >= 15 is 0 Å². The summed E-state index contributed by atoms with van der Waals surface area (Å²) >= 11 is 0. The molecule has 24 heavy (non-hydrogen) atoms. The molecule has 3 aromatic rings. The summed E-state index contributed by atoms with van der Waals surface area (Å²) in [5.41, 5.74) is 1.97. The zero-order valence-electron chi connectivity index (χ0n) is 13.8. The first kappa shape index (κ1) is 16.1. The number of hydrogen-bond acceptors (Lipinski definition) is 2. The Morgan fingerprint density at radius 2 is 1.71 bits per heavy atom. The first-order valence-corrected chi connectivity index (χ1v) is 8.20. The van der Waals surface area contributed by atoms with Crippen LogP contribution in [0, 0.1) is 6.92 Å². The van der Waals surface area contributed by atoms with E-state index in [1.54, 1.807) is 0 Å². The molecule has 0 aromatic heterocycles. The molecule has 0 atom stereocenters. The number of anilines is 1. The molecule has 0 heterocycles. The number of fused-ring (bicyclic) bond motifs is 1. The molecular formula is C21H21NO2. The third-order valence-corrected chi connectivity index (χ3v) is 3.96. The summed E-state index contributed by atoms with van der Waals surface area (Å²) < 4.78 is 5.73. The average Bonchev–Trinajstić information content (AvgIpc) is 2.60. The van der Waals surface area contributed by atoms with Gasteiger partial charge in [0.15, 0.2) is 0 Å². The van der Waals surface area contributed by atoms with Crippen molar-refractivity contribution in [1.29, 1.82) is 0 Å². The number of hydrogen-bond donors (Lipinski definition) is 1. The number of para-hydroxylation sites is 1. The van der Waals surface area contributed by atoms with Crippen molar-refractivity contribution in [2.45, 2.75) is 19.8 Å². The summed E-state index contributed by atoms with van der Waals surface area (Å²) in [6.45, 7) is 2.55. The monoisotopic (exact) mass is 319 g/mol. The fraction of sp³-hybridized carbons (Fsp3) is 0.190. The molecule has 0 radical (unpaired) electrons. The summed E-state index contributed by atoms with van der Waals surface area (Å²) in [5, 5.41) is 5.18. The molecule has 0 spiro atoms. The zero-order valence-corrected chi connectivity index (χ0v) is 13.8. The van der Waals surface area contributed by atoms with Gasteiger partial charge >= 0.3 is 0 Å². The maximum atomic E-state index is 12.2. The number of carbonyl (C=O) groups is 1. The molecule has 0 aliphatic carbocycles. The third-order valence-electron chi connectivity index (χ3n) is 3.96. The van der Waals surface area contributed by atoms with Gasteiger partial charge in [-0.2, -0.15) is 0 Å². The van der Waals surface area contributed by atoms with Crippen molar-refractivity contribution < 1.29 is 9.53 Å². The first-order valence-electron chi connectivity index (χ1n) is 8.20. The Balaban J connectivity index is 1.51. The van der Waals surface area contributed by atoms with Gasteiger partial charge < -0.3 is 10.1 Å². The van der Waals surface area contributed by atoms with Crippen LogP contribution < -0.4 is 10.1 Å². The van der Waals surface area contributed by atoms with E-state index in [9.17, 15) is 4.79 Å². The van der Waals surface area contributed by atoms with Crippen LogP contribution in [-0.4, -0.2) is 12.5 Å². The van der Waals surface area contributed by atoms with E-state index in [1.807, 2.05) is 73.7 Å². The van der Waals surface area contributed by atoms with Crippen molar-refractivity contribution in [3.63, 3.8) is 0 Å². The van der Waals surface area contributed by atoms with Gasteiger partial charge in [0.25, 0.3) is 0 Å². The van der Waals surface area contributed by atoms with E-state index in [4.69, 9.17) is 4.74 Å². The van der Waals surface area contributed by atoms with Crippen molar-refractivity contribution >= 4 is 22.4 Å². The average molecular weight is 319 g/mol. The number of carbonyl (C=O) groups excluding carboxylic acids is 1. The van der Waals surface area contributed by atoms with Crippen molar-refractivity contribution in [2.24, 2.45) is 0 Å². The second kappa shape index (κ2) is 7.64. The van der Waals surface area contributed by atoms with Crippen LogP contribution in [0.5, 0.6) is 5.75 Å². The molecule has 3 aromatic carbocycles. The maximum absolute atomic E-state index is 12.2. The maximum Gasteiger partial charge on any atom is 0.224 e. The minimum atomic E-state index is 0.0136. The van der Waals surface area contributed by atoms with Crippen molar-refractivity contribution in [1.82, 2.24) is 0 Å². The molecule has 0 saturated heterocycles. The predicted octanol–water partition coefficient (Wildman–Crippen LogP) is 4.95. The van der Waals surface area contributed by atoms with Gasteiger partial charge in [0.2, 0.25) is 5.91 Å². The predicted molar refractivity (Wildman–Crippen MR) is 98.5 cm³/mol. The van der Waals surface area contributed by atoms with Crippen LogP contribution in [0.4, 0.5) is 5.69 Å². The number of benzene rings is 3. The molecule has 3 rings (SSSR count). The van der Waals surface area contributed by atoms with E-state index in [0.29, 0.717) is 19.4 Å². The molecule has 3 nitrogen and oxygen atoms in total. The number of nitrogens with one attached hydrogen (secondary N) is 1. The number of amides is 1. The standard InChI is InChI=1S/C21H21NO2/c1-16-8-2-5-13-20(16)24-15-7-14-21(23)22-19-12-6-10-17-9-3-4-11-18(17)19/h2-6,8-13H,7,14-15H2,1H3,(H,22,23). The third kappa shape index (κ3) is 3.93. The summed E-state index contributed by atoms with van der Waals surface area (Å²) in [6, 6.07) is 21.9. The summed E-state index contributed by atoms with van der Waals surface area (Å²) in [6.07, 6.45) is 1.13. The Morgan fingerprint density at radius 1 is 0.958 bits per heavy atom. The number of ether oxygens (including phenoxy) is 1. The lowest BCUT2D eigenvalue weighted by Gasteiger charge is -2.10. The van der Waals surface area contributed by atoms with Crippen LogP contribution in [-0.2, 0) is 4.79 Å². The second-order valence-corrected chi connectivity index (χ2v) is 5.79. The summed E-state index contributed by atoms with van der Waals surface area (Å²) in [7, 11) is 0. The molecule has 0 bridgehead atoms. The highest BCUT2D eigenvalue weighted by atomic mass is 16.5. The van der Waals surface area contributed by atoms with E-state index < -0.39 is 0 Å². The van der Waals surface area contributed by atoms with Crippen LogP contribution in [0.3, 0.4) is 0 Å². The summed E-state index contributed by atoms with van der Waals surface area (Å²) in [5.74, 6) is 0.895. The minimum Gasteiger partial charge on any atom is -0.493 e. The zero-order chi connectivity index (χ0) is 16.8. The molecule has 3 heteroatoms. The van der Waals surface area contributed by atoms with Gasteiger partial charge in [-0.25, -0.2) is 0 Å². The van der Waals surface area contributed by atoms with E-state index in [1.165, 1.54) is 0 Å². The summed E-state index contributed by atoms with van der Waals surface area (Å²) in [4.78, 5) is 12.2. The van der Waals surface area contributed by atoms with Crippen LogP contribution in [0.25, 0.3) is 10.8 Å². The molecule has 0 unspecified atom stereocenters. The topological polar surface area (TPSA) is 38.3 Å². The molecule has 0 aliphatic rings. The van der Waals surface area contributed by atoms with Crippen molar-refractivity contribution in [3.05, 3.63) is 72.3 Å². The number of aryl methyl sites for hydroxylation is 1. The van der Waals surface area contributed by atoms with Gasteiger partial charge in [-0.3, -0.25) is 4.79 Å². The molecule has 1 amide bonds. The van der Waals surface area contributed by atoms with Gasteiger partial charge in [0.1, 0.15) is 5.75 Å². The lowest BCUT2D eigenvalue weighted by Crippen LogP contribution is -2.13.